The van der Waals surface area contributed by atoms with Gasteiger partial charge in [-0.05, 0) is 10.8 Å². The maximum atomic E-state index is 10.6. The zero-order chi connectivity index (χ0) is 11.1. The molecule has 0 fully saturated rings. The SMILES string of the molecule is N=C=O.O=Cc1cccc2ccccc12. The van der Waals surface area contributed by atoms with Gasteiger partial charge in [0.2, 0.25) is 6.08 Å². The lowest BCUT2D eigenvalue weighted by atomic mass is 10.1. The van der Waals surface area contributed by atoms with Gasteiger partial charge in [-0.3, -0.25) is 4.79 Å². The molecule has 0 bridgehead atoms. The van der Waals surface area contributed by atoms with E-state index >= 15 is 0 Å². The van der Waals surface area contributed by atoms with E-state index in [0.717, 1.165) is 28.7 Å². The topological polar surface area (TPSA) is 58.0 Å². The molecule has 0 aromatic heterocycles. The van der Waals surface area contributed by atoms with Gasteiger partial charge in [0.15, 0.2) is 6.29 Å². The van der Waals surface area contributed by atoms with Gasteiger partial charge >= 0.3 is 0 Å². The fourth-order valence-electron chi connectivity index (χ4n) is 1.35. The molecular weight excluding hydrogens is 190 g/mol. The average molecular weight is 199 g/mol. The minimum atomic E-state index is 0.750. The highest BCUT2D eigenvalue weighted by molar-refractivity contribution is 5.97. The predicted molar refractivity (Wildman–Crippen MR) is 57.7 cm³/mol. The van der Waals surface area contributed by atoms with Gasteiger partial charge in [-0.25, -0.2) is 10.2 Å². The van der Waals surface area contributed by atoms with Crippen molar-refractivity contribution in [3.63, 3.8) is 0 Å². The molecule has 2 rings (SSSR count). The van der Waals surface area contributed by atoms with Gasteiger partial charge in [0.25, 0.3) is 0 Å². The maximum absolute atomic E-state index is 10.6. The first-order valence-electron chi connectivity index (χ1n) is 4.30. The van der Waals surface area contributed by atoms with Crippen LogP contribution in [0.4, 0.5) is 0 Å². The van der Waals surface area contributed by atoms with E-state index in [-0.39, 0.29) is 0 Å². The van der Waals surface area contributed by atoms with Crippen LogP contribution >= 0.6 is 0 Å². The molecule has 0 heterocycles. The molecule has 3 heteroatoms. The van der Waals surface area contributed by atoms with Crippen molar-refractivity contribution in [1.82, 2.24) is 0 Å². The maximum Gasteiger partial charge on any atom is 0.231 e. The molecule has 0 aliphatic carbocycles. The van der Waals surface area contributed by atoms with E-state index < -0.39 is 0 Å². The molecular formula is C12H9NO2. The average Bonchev–Trinajstić information content (AvgIpc) is 2.29. The van der Waals surface area contributed by atoms with Crippen LogP contribution in [-0.2, 0) is 4.79 Å². The standard InChI is InChI=1S/C11H8O.CHNO/c12-8-10-6-3-5-9-4-1-2-7-11(9)10;2-1-3/h1-8H;2H. The fourth-order valence-corrected chi connectivity index (χ4v) is 1.35. The molecule has 2 aromatic rings. The van der Waals surface area contributed by atoms with Gasteiger partial charge in [-0.1, -0.05) is 42.5 Å². The van der Waals surface area contributed by atoms with Gasteiger partial charge in [0.1, 0.15) is 0 Å². The third-order valence-electron chi connectivity index (χ3n) is 1.95. The first kappa shape index (κ1) is 10.8. The summed E-state index contributed by atoms with van der Waals surface area (Å²) in [5, 5.41) is 7.54. The molecule has 3 nitrogen and oxygen atoms in total. The van der Waals surface area contributed by atoms with Gasteiger partial charge in [-0.2, -0.15) is 0 Å². The summed E-state index contributed by atoms with van der Waals surface area (Å²) in [5.41, 5.74) is 0.758. The summed E-state index contributed by atoms with van der Waals surface area (Å²) in [6.07, 6.45) is 1.64. The van der Waals surface area contributed by atoms with Crippen LogP contribution in [0, 0.1) is 5.41 Å². The van der Waals surface area contributed by atoms with E-state index in [2.05, 4.69) is 0 Å². The third-order valence-corrected chi connectivity index (χ3v) is 1.95. The Hall–Kier alpha value is -2.25. The van der Waals surface area contributed by atoms with Crippen molar-refractivity contribution in [2.24, 2.45) is 0 Å². The minimum Gasteiger partial charge on any atom is -0.298 e. The highest BCUT2D eigenvalue weighted by Gasteiger charge is 1.96. The molecule has 0 spiro atoms. The zero-order valence-electron chi connectivity index (χ0n) is 7.94. The highest BCUT2D eigenvalue weighted by atomic mass is 16.1. The molecule has 0 amide bonds. The van der Waals surface area contributed by atoms with Crippen LogP contribution in [0.2, 0.25) is 0 Å². The summed E-state index contributed by atoms with van der Waals surface area (Å²) in [6, 6.07) is 13.6. The van der Waals surface area contributed by atoms with E-state index in [1.54, 1.807) is 0 Å². The van der Waals surface area contributed by atoms with E-state index in [4.69, 9.17) is 10.2 Å². The number of hydrogen-bond donors (Lipinski definition) is 1. The summed E-state index contributed by atoms with van der Waals surface area (Å²) in [7, 11) is 0. The number of hydrogen-bond acceptors (Lipinski definition) is 3. The van der Waals surface area contributed by atoms with Crippen molar-refractivity contribution < 1.29 is 9.59 Å². The Morgan fingerprint density at radius 2 is 1.67 bits per heavy atom. The Bertz CT molecular complexity index is 494. The van der Waals surface area contributed by atoms with Crippen molar-refractivity contribution in [3.05, 3.63) is 48.0 Å². The second-order valence-corrected chi connectivity index (χ2v) is 2.79. The van der Waals surface area contributed by atoms with Crippen LogP contribution in [0.15, 0.2) is 42.5 Å². The minimum absolute atomic E-state index is 0.750. The van der Waals surface area contributed by atoms with Crippen molar-refractivity contribution in [2.75, 3.05) is 0 Å². The largest absolute Gasteiger partial charge is 0.298 e. The van der Waals surface area contributed by atoms with Gasteiger partial charge in [0, 0.05) is 5.56 Å². The van der Waals surface area contributed by atoms with Crippen LogP contribution in [0.3, 0.4) is 0 Å². The van der Waals surface area contributed by atoms with Crippen molar-refractivity contribution >= 4 is 23.1 Å². The summed E-state index contributed by atoms with van der Waals surface area (Å²) in [5.74, 6) is 0. The molecule has 0 unspecified atom stereocenters. The molecule has 0 aliphatic rings. The second kappa shape index (κ2) is 5.47. The normalized spacial score (nSPS) is 8.53. The van der Waals surface area contributed by atoms with Crippen LogP contribution in [0.1, 0.15) is 10.4 Å². The number of fused-ring (bicyclic) bond motifs is 1. The van der Waals surface area contributed by atoms with Gasteiger partial charge in [-0.15, -0.1) is 0 Å². The van der Waals surface area contributed by atoms with Crippen LogP contribution in [-0.4, -0.2) is 12.4 Å². The molecule has 0 saturated heterocycles. The first-order valence-corrected chi connectivity index (χ1v) is 4.30. The lowest BCUT2D eigenvalue weighted by molar-refractivity contribution is 0.112. The van der Waals surface area contributed by atoms with E-state index in [9.17, 15) is 4.79 Å². The van der Waals surface area contributed by atoms with Crippen molar-refractivity contribution in [2.45, 2.75) is 0 Å². The molecule has 1 N–H and O–H groups in total. The number of nitrogens with one attached hydrogen (secondary N) is 1. The lowest BCUT2D eigenvalue weighted by Gasteiger charge is -1.98. The molecule has 2 aromatic carbocycles. The smallest absolute Gasteiger partial charge is 0.231 e. The Morgan fingerprint density at radius 1 is 1.07 bits per heavy atom. The van der Waals surface area contributed by atoms with E-state index in [1.165, 1.54) is 0 Å². The quantitative estimate of drug-likeness (QED) is 0.436. The van der Waals surface area contributed by atoms with Crippen LogP contribution in [0.5, 0.6) is 0 Å². The Labute approximate surface area is 86.9 Å². The molecule has 74 valence electrons. The van der Waals surface area contributed by atoms with Crippen molar-refractivity contribution in [1.29, 1.82) is 5.41 Å². The summed E-state index contributed by atoms with van der Waals surface area (Å²) >= 11 is 0. The van der Waals surface area contributed by atoms with Crippen LogP contribution in [0.25, 0.3) is 10.8 Å². The molecule has 15 heavy (non-hydrogen) atoms. The number of carbonyl (C=O) groups excluding carboxylic acids is 2. The lowest BCUT2D eigenvalue weighted by Crippen LogP contribution is -1.81. The summed E-state index contributed by atoms with van der Waals surface area (Å²) in [4.78, 5) is 19.0. The predicted octanol–water partition coefficient (Wildman–Crippen LogP) is 2.55. The second-order valence-electron chi connectivity index (χ2n) is 2.79. The highest BCUT2D eigenvalue weighted by Crippen LogP contribution is 2.16. The molecule has 0 atom stereocenters. The third kappa shape index (κ3) is 2.59. The Morgan fingerprint density at radius 3 is 2.33 bits per heavy atom. The van der Waals surface area contributed by atoms with Gasteiger partial charge in [0.05, 0.1) is 0 Å². The zero-order valence-corrected chi connectivity index (χ0v) is 7.94. The van der Waals surface area contributed by atoms with E-state index in [1.807, 2.05) is 42.5 Å². The molecule has 0 aliphatic heterocycles. The monoisotopic (exact) mass is 199 g/mol. The number of isocyanates is 1. The number of benzene rings is 2. The number of rotatable bonds is 1. The molecule has 0 radical (unpaired) electrons. The Kier molecular flexibility index (Phi) is 3.95. The Balaban J connectivity index is 0.000000337. The summed E-state index contributed by atoms with van der Waals surface area (Å²) < 4.78 is 0. The molecule has 0 saturated carbocycles. The number of carbonyl (C=O) groups is 1. The van der Waals surface area contributed by atoms with Gasteiger partial charge < -0.3 is 0 Å². The van der Waals surface area contributed by atoms with Crippen molar-refractivity contribution in [3.8, 4) is 0 Å². The first-order chi connectivity index (χ1) is 7.33. The van der Waals surface area contributed by atoms with E-state index in [0.29, 0.717) is 0 Å². The fraction of sp³-hybridized carbons (Fsp3) is 0. The number of aldehydes is 1. The van der Waals surface area contributed by atoms with Crippen LogP contribution < -0.4 is 0 Å². The summed E-state index contributed by atoms with van der Waals surface area (Å²) in [6.45, 7) is 0.